The van der Waals surface area contributed by atoms with E-state index in [1.54, 1.807) is 23.9 Å². The minimum atomic E-state index is -0.191. The first kappa shape index (κ1) is 26.9. The van der Waals surface area contributed by atoms with Crippen molar-refractivity contribution in [3.63, 3.8) is 0 Å². The molecule has 0 fully saturated rings. The molecule has 43 heavy (non-hydrogen) atoms. The van der Waals surface area contributed by atoms with Crippen LogP contribution >= 0.6 is 0 Å². The van der Waals surface area contributed by atoms with Gasteiger partial charge in [0, 0.05) is 61.0 Å². The molecule has 0 unspecified atom stereocenters. The molecule has 0 atom stereocenters. The lowest BCUT2D eigenvalue weighted by Gasteiger charge is -2.31. The van der Waals surface area contributed by atoms with Crippen molar-refractivity contribution in [1.82, 2.24) is 19.3 Å². The Morgan fingerprint density at radius 1 is 1.00 bits per heavy atom. The topological polar surface area (TPSA) is 98.2 Å². The van der Waals surface area contributed by atoms with Crippen molar-refractivity contribution in [2.45, 2.75) is 46.6 Å². The minimum absolute atomic E-state index is 0.0131. The van der Waals surface area contributed by atoms with Gasteiger partial charge in [0.2, 0.25) is 0 Å². The Hall–Kier alpha value is -4.92. The summed E-state index contributed by atoms with van der Waals surface area (Å²) in [5.74, 6) is 1.71. The van der Waals surface area contributed by atoms with Gasteiger partial charge >= 0.3 is 0 Å². The number of carbonyl (C=O) groups is 1. The molecule has 218 valence electrons. The highest BCUT2D eigenvalue weighted by Crippen LogP contribution is 2.40. The van der Waals surface area contributed by atoms with Gasteiger partial charge in [-0.1, -0.05) is 56.3 Å². The first-order chi connectivity index (χ1) is 20.7. The highest BCUT2D eigenvalue weighted by molar-refractivity contribution is 6.06. The normalized spacial score (nSPS) is 15.4. The Morgan fingerprint density at radius 2 is 1.81 bits per heavy atom. The molecule has 9 heteroatoms. The minimum Gasteiger partial charge on any atom is -0.354 e. The summed E-state index contributed by atoms with van der Waals surface area (Å²) < 4.78 is 9.29. The highest BCUT2D eigenvalue weighted by atomic mass is 16.5. The van der Waals surface area contributed by atoms with Gasteiger partial charge in [-0.25, -0.2) is 4.98 Å². The first-order valence-electron chi connectivity index (χ1n) is 14.7. The summed E-state index contributed by atoms with van der Waals surface area (Å²) in [5.41, 5.74) is 7.38. The van der Waals surface area contributed by atoms with Crippen LogP contribution in [0.4, 0.5) is 17.3 Å². The standard InChI is InChI=1S/C34H34N6O3/c1-5-24-25(11-12-35-31(24)40-14-13-39-27(33(40)42)16-22-18-34(2,3)19-28(22)39)23-15-26(32(41)38(4)20-23)36-30-17-29(43-37-30)21-9-7-6-8-10-21/h6-12,15-17,20H,5,13-14,18-19H2,1-4H3,(H,36,37). The van der Waals surface area contributed by atoms with Gasteiger partial charge in [0.25, 0.3) is 11.5 Å². The lowest BCUT2D eigenvalue weighted by Crippen LogP contribution is -2.41. The van der Waals surface area contributed by atoms with E-state index in [1.807, 2.05) is 53.6 Å². The lowest BCUT2D eigenvalue weighted by molar-refractivity contribution is 0.0963. The van der Waals surface area contributed by atoms with Crippen molar-refractivity contribution in [3.8, 4) is 22.5 Å². The SMILES string of the molecule is CCc1c(-c2cc(Nc3cc(-c4ccccc4)on3)c(=O)n(C)c2)ccnc1N1CCn2c(cc3c2CC(C)(C)C3)C1=O. The number of anilines is 3. The molecule has 4 aromatic heterocycles. The zero-order chi connectivity index (χ0) is 29.9. The van der Waals surface area contributed by atoms with Gasteiger partial charge < -0.3 is 19.0 Å². The first-order valence-corrected chi connectivity index (χ1v) is 14.7. The van der Waals surface area contributed by atoms with E-state index < -0.39 is 0 Å². The molecule has 9 nitrogen and oxygen atoms in total. The average Bonchev–Trinajstić information content (AvgIpc) is 3.68. The summed E-state index contributed by atoms with van der Waals surface area (Å²) in [7, 11) is 1.73. The Kier molecular flexibility index (Phi) is 6.34. The summed E-state index contributed by atoms with van der Waals surface area (Å²) in [6.45, 7) is 7.95. The van der Waals surface area contributed by atoms with E-state index in [-0.39, 0.29) is 16.9 Å². The Labute approximate surface area is 249 Å². The van der Waals surface area contributed by atoms with Crippen LogP contribution in [-0.4, -0.2) is 31.7 Å². The maximum atomic E-state index is 13.9. The van der Waals surface area contributed by atoms with Gasteiger partial charge in [0.15, 0.2) is 11.6 Å². The molecule has 1 aliphatic carbocycles. The Balaban J connectivity index is 1.22. The zero-order valence-electron chi connectivity index (χ0n) is 24.8. The molecule has 1 aromatic carbocycles. The van der Waals surface area contributed by atoms with Crippen molar-refractivity contribution in [3.05, 3.63) is 99.9 Å². The highest BCUT2D eigenvalue weighted by Gasteiger charge is 2.37. The molecule has 0 spiro atoms. The maximum absolute atomic E-state index is 13.9. The number of nitrogens with zero attached hydrogens (tertiary/aromatic N) is 5. The van der Waals surface area contributed by atoms with Gasteiger partial charge in [-0.15, -0.1) is 0 Å². The zero-order valence-corrected chi connectivity index (χ0v) is 24.8. The third kappa shape index (κ3) is 4.65. The number of nitrogens with one attached hydrogen (secondary N) is 1. The molecule has 0 radical (unpaired) electrons. The lowest BCUT2D eigenvalue weighted by atomic mass is 9.90. The third-order valence-electron chi connectivity index (χ3n) is 8.59. The average molecular weight is 575 g/mol. The fourth-order valence-corrected chi connectivity index (χ4v) is 6.61. The van der Waals surface area contributed by atoms with Crippen molar-refractivity contribution in [2.75, 3.05) is 16.8 Å². The van der Waals surface area contributed by atoms with Crippen LogP contribution in [0.3, 0.4) is 0 Å². The van der Waals surface area contributed by atoms with E-state index in [9.17, 15) is 9.59 Å². The molecule has 0 saturated carbocycles. The van der Waals surface area contributed by atoms with Crippen molar-refractivity contribution in [2.24, 2.45) is 12.5 Å². The number of fused-ring (bicyclic) bond motifs is 3. The molecule has 1 amide bonds. The van der Waals surface area contributed by atoms with Crippen LogP contribution in [0.5, 0.6) is 0 Å². The quantitative estimate of drug-likeness (QED) is 0.267. The number of amides is 1. The number of carbonyl (C=O) groups excluding carboxylic acids is 1. The Morgan fingerprint density at radius 3 is 2.60 bits per heavy atom. The summed E-state index contributed by atoms with van der Waals surface area (Å²) in [6, 6.07) is 17.3. The largest absolute Gasteiger partial charge is 0.354 e. The van der Waals surface area contributed by atoms with Gasteiger partial charge in [0.05, 0.1) is 0 Å². The number of aryl methyl sites for hydroxylation is 1. The van der Waals surface area contributed by atoms with Crippen LogP contribution in [-0.2, 0) is 32.9 Å². The van der Waals surface area contributed by atoms with Crippen LogP contribution in [0.1, 0.15) is 48.1 Å². The monoisotopic (exact) mass is 574 g/mol. The number of aromatic nitrogens is 4. The third-order valence-corrected chi connectivity index (χ3v) is 8.59. The molecule has 1 aliphatic heterocycles. The van der Waals surface area contributed by atoms with Gasteiger partial charge in [-0.3, -0.25) is 14.5 Å². The number of benzene rings is 1. The second kappa shape index (κ2) is 10.1. The van der Waals surface area contributed by atoms with Gasteiger partial charge in [-0.2, -0.15) is 0 Å². The summed E-state index contributed by atoms with van der Waals surface area (Å²) in [5, 5.41) is 7.28. The second-order valence-electron chi connectivity index (χ2n) is 12.3. The van der Waals surface area contributed by atoms with Gasteiger partial charge in [-0.05, 0) is 54.0 Å². The van der Waals surface area contributed by atoms with Gasteiger partial charge in [0.1, 0.15) is 17.2 Å². The fraction of sp³-hybridized carbons (Fsp3) is 0.294. The summed E-state index contributed by atoms with van der Waals surface area (Å²) >= 11 is 0. The molecule has 2 aliphatic rings. The van der Waals surface area contributed by atoms with Crippen molar-refractivity contribution >= 4 is 23.2 Å². The fourth-order valence-electron chi connectivity index (χ4n) is 6.61. The smallest absolute Gasteiger partial charge is 0.276 e. The van der Waals surface area contributed by atoms with Crippen LogP contribution in [0.25, 0.3) is 22.5 Å². The number of hydrogen-bond acceptors (Lipinski definition) is 6. The van der Waals surface area contributed by atoms with Crippen molar-refractivity contribution < 1.29 is 9.32 Å². The van der Waals surface area contributed by atoms with Crippen LogP contribution in [0.2, 0.25) is 0 Å². The second-order valence-corrected chi connectivity index (χ2v) is 12.3. The van der Waals surface area contributed by atoms with E-state index in [1.165, 1.54) is 11.3 Å². The molecule has 5 aromatic rings. The van der Waals surface area contributed by atoms with Crippen LogP contribution < -0.4 is 15.8 Å². The molecular weight excluding hydrogens is 540 g/mol. The van der Waals surface area contributed by atoms with Crippen LogP contribution in [0.15, 0.2) is 76.3 Å². The van der Waals surface area contributed by atoms with Crippen molar-refractivity contribution in [1.29, 1.82) is 0 Å². The molecule has 0 bridgehead atoms. The maximum Gasteiger partial charge on any atom is 0.276 e. The van der Waals surface area contributed by atoms with Crippen LogP contribution in [0, 0.1) is 5.41 Å². The number of hydrogen-bond donors (Lipinski definition) is 1. The molecule has 1 N–H and O–H groups in total. The predicted octanol–water partition coefficient (Wildman–Crippen LogP) is 6.00. The number of rotatable bonds is 6. The summed E-state index contributed by atoms with van der Waals surface area (Å²) in [4.78, 5) is 33.5. The van der Waals surface area contributed by atoms with E-state index in [4.69, 9.17) is 9.51 Å². The molecule has 7 rings (SSSR count). The van der Waals surface area contributed by atoms with E-state index in [2.05, 4.69) is 41.9 Å². The predicted molar refractivity (Wildman–Crippen MR) is 167 cm³/mol. The molecule has 5 heterocycles. The van der Waals surface area contributed by atoms with E-state index in [0.717, 1.165) is 47.3 Å². The number of pyridine rings is 2. The molecule has 0 saturated heterocycles. The Bertz CT molecular complexity index is 1930. The summed E-state index contributed by atoms with van der Waals surface area (Å²) in [6.07, 6.45) is 6.22. The molecular formula is C34H34N6O3. The van der Waals surface area contributed by atoms with E-state index >= 15 is 0 Å². The van der Waals surface area contributed by atoms with E-state index in [0.29, 0.717) is 36.0 Å².